The molecule has 1 amide bonds. The first-order valence-electron chi connectivity index (χ1n) is 12.5. The predicted molar refractivity (Wildman–Crippen MR) is 141 cm³/mol. The Kier molecular flexibility index (Phi) is 8.23. The molecule has 1 saturated heterocycles. The molecule has 2 aliphatic rings. The summed E-state index contributed by atoms with van der Waals surface area (Å²) in [6, 6.07) is 19.1. The summed E-state index contributed by atoms with van der Waals surface area (Å²) >= 11 is 0. The van der Waals surface area contributed by atoms with E-state index in [1.807, 2.05) is 60.7 Å². The molecule has 7 nitrogen and oxygen atoms in total. The lowest BCUT2D eigenvalue weighted by Gasteiger charge is -2.31. The van der Waals surface area contributed by atoms with E-state index in [0.29, 0.717) is 31.4 Å². The van der Waals surface area contributed by atoms with Crippen molar-refractivity contribution in [2.24, 2.45) is 17.6 Å². The number of piperidine rings is 1. The van der Waals surface area contributed by atoms with E-state index in [0.717, 1.165) is 41.3 Å². The fourth-order valence-corrected chi connectivity index (χ4v) is 4.30. The molecule has 2 heterocycles. The highest BCUT2D eigenvalue weighted by molar-refractivity contribution is 5.83. The number of carbonyl (C=O) groups excluding carboxylic acids is 1. The zero-order valence-corrected chi connectivity index (χ0v) is 20.9. The number of alkyl halides is 2. The van der Waals surface area contributed by atoms with Gasteiger partial charge in [0.15, 0.2) is 0 Å². The van der Waals surface area contributed by atoms with Gasteiger partial charge >= 0.3 is 0 Å². The fourth-order valence-electron chi connectivity index (χ4n) is 4.30. The monoisotopic (exact) mass is 509 g/mol. The quantitative estimate of drug-likeness (QED) is 0.402. The van der Waals surface area contributed by atoms with Crippen LogP contribution in [0.2, 0.25) is 0 Å². The van der Waals surface area contributed by atoms with E-state index in [1.54, 1.807) is 11.1 Å². The Morgan fingerprint density at radius 2 is 1.81 bits per heavy atom. The van der Waals surface area contributed by atoms with Gasteiger partial charge in [-0.3, -0.25) is 4.79 Å². The summed E-state index contributed by atoms with van der Waals surface area (Å²) in [7, 11) is 0. The van der Waals surface area contributed by atoms with Gasteiger partial charge in [-0.15, -0.1) is 0 Å². The summed E-state index contributed by atoms with van der Waals surface area (Å²) in [4.78, 5) is 17.3. The number of nitrogens with one attached hydrogen (secondary N) is 1. The highest BCUT2D eigenvalue weighted by Crippen LogP contribution is 2.49. The third-order valence-electron chi connectivity index (χ3n) is 6.48. The van der Waals surface area contributed by atoms with Crippen molar-refractivity contribution in [2.45, 2.75) is 38.7 Å². The van der Waals surface area contributed by atoms with Gasteiger partial charge in [0.05, 0.1) is 5.69 Å². The fraction of sp³-hybridized carbons (Fsp3) is 0.357. The third-order valence-corrected chi connectivity index (χ3v) is 6.48. The average molecular weight is 510 g/mol. The van der Waals surface area contributed by atoms with Crippen molar-refractivity contribution in [3.05, 3.63) is 72.4 Å². The van der Waals surface area contributed by atoms with Crippen molar-refractivity contribution in [1.82, 2.24) is 9.88 Å². The maximum Gasteiger partial charge on any atom is 0.260 e. The Labute approximate surface area is 215 Å². The van der Waals surface area contributed by atoms with Gasteiger partial charge in [-0.25, -0.2) is 13.8 Å². The number of benzene rings is 2. The molecular formula is C28H33F2N5O2. The molecule has 5 N–H and O–H groups in total. The molecule has 196 valence electrons. The number of anilines is 3. The van der Waals surface area contributed by atoms with Gasteiger partial charge in [-0.2, -0.15) is 0 Å². The Morgan fingerprint density at radius 1 is 1.14 bits per heavy atom. The van der Waals surface area contributed by atoms with Crippen molar-refractivity contribution < 1.29 is 18.3 Å². The minimum Gasteiger partial charge on any atom is -0.457 e. The van der Waals surface area contributed by atoms with E-state index in [9.17, 15) is 13.6 Å². The molecule has 2 aromatic carbocycles. The number of rotatable bonds is 6. The number of carbonyl (C=O) groups is 1. The number of amides is 1. The van der Waals surface area contributed by atoms with E-state index < -0.39 is 11.8 Å². The molecule has 0 spiro atoms. The lowest BCUT2D eigenvalue weighted by Crippen LogP contribution is -2.40. The number of hydrogen-bond donors (Lipinski definition) is 3. The summed E-state index contributed by atoms with van der Waals surface area (Å²) in [5, 5.41) is 3.26. The van der Waals surface area contributed by atoms with Crippen LogP contribution >= 0.6 is 0 Å². The highest BCUT2D eigenvalue weighted by Gasteiger charge is 2.62. The number of nitrogens with two attached hydrogens (primary N) is 2. The van der Waals surface area contributed by atoms with Gasteiger partial charge in [0, 0.05) is 37.9 Å². The smallest absolute Gasteiger partial charge is 0.260 e. The summed E-state index contributed by atoms with van der Waals surface area (Å²) in [5.74, 6) is -1.60. The van der Waals surface area contributed by atoms with Gasteiger partial charge in [0.25, 0.3) is 5.92 Å². The first kappa shape index (κ1) is 26.3. The normalized spacial score (nSPS) is 19.8. The molecule has 1 aliphatic carbocycles. The molecule has 2 atom stereocenters. The van der Waals surface area contributed by atoms with Crippen molar-refractivity contribution in [2.75, 3.05) is 24.1 Å². The van der Waals surface area contributed by atoms with Crippen LogP contribution in [-0.2, 0) is 11.3 Å². The Bertz CT molecular complexity index is 1190. The maximum atomic E-state index is 12.7. The van der Waals surface area contributed by atoms with Gasteiger partial charge in [0.2, 0.25) is 5.91 Å². The lowest BCUT2D eigenvalue weighted by molar-refractivity contribution is -0.136. The molecule has 37 heavy (non-hydrogen) atoms. The van der Waals surface area contributed by atoms with Gasteiger partial charge in [-0.1, -0.05) is 25.1 Å². The molecule has 2 fully saturated rings. The van der Waals surface area contributed by atoms with Crippen molar-refractivity contribution in [1.29, 1.82) is 0 Å². The molecule has 3 aromatic rings. The zero-order chi connectivity index (χ0) is 26.4. The number of nitrogens with zero attached hydrogens (tertiary/aromatic N) is 2. The van der Waals surface area contributed by atoms with Crippen molar-refractivity contribution >= 4 is 23.1 Å². The van der Waals surface area contributed by atoms with Gasteiger partial charge < -0.3 is 26.4 Å². The first-order chi connectivity index (χ1) is 17.8. The van der Waals surface area contributed by atoms with E-state index in [2.05, 4.69) is 17.2 Å². The zero-order valence-electron chi connectivity index (χ0n) is 20.9. The van der Waals surface area contributed by atoms with Crippen molar-refractivity contribution in [3.63, 3.8) is 0 Å². The standard InChI is InChI=1S/C18H18N4O.C10H15F2NO/c19-12-13-10-11-21-18(20)17(13)22-14-6-8-16(9-7-14)23-15-4-2-1-3-5-15;1-7-3-2-4-13(6-7)9(14)8-5-10(8,11)12/h1-11,22H,12,19H2,(H2,20,21);7-8H,2-6H2,1H3/t;7-,8?/m.1/s1. The van der Waals surface area contributed by atoms with Crippen LogP contribution in [0.3, 0.4) is 0 Å². The predicted octanol–water partition coefficient (Wildman–Crippen LogP) is 5.56. The maximum absolute atomic E-state index is 12.7. The minimum absolute atomic E-state index is 0.239. The molecule has 1 aromatic heterocycles. The topological polar surface area (TPSA) is 106 Å². The molecule has 1 aliphatic heterocycles. The van der Waals surface area contributed by atoms with Gasteiger partial charge in [-0.05, 0) is 66.8 Å². The number of likely N-dealkylation sites (tertiary alicyclic amines) is 1. The number of nitrogen functional groups attached to an aromatic ring is 1. The molecular weight excluding hydrogens is 476 g/mol. The summed E-state index contributed by atoms with van der Waals surface area (Å²) in [5.41, 5.74) is 14.2. The number of para-hydroxylation sites is 1. The average Bonchev–Trinajstić information content (AvgIpc) is 3.54. The second-order valence-corrected chi connectivity index (χ2v) is 9.55. The molecule has 9 heteroatoms. The number of ether oxygens (including phenoxy) is 1. The van der Waals surface area contributed by atoms with Crippen LogP contribution < -0.4 is 21.5 Å². The van der Waals surface area contributed by atoms with E-state index in [1.165, 1.54) is 0 Å². The van der Waals surface area contributed by atoms with Crippen molar-refractivity contribution in [3.8, 4) is 11.5 Å². The van der Waals surface area contributed by atoms with E-state index in [4.69, 9.17) is 16.2 Å². The highest BCUT2D eigenvalue weighted by atomic mass is 19.3. The number of halogens is 2. The lowest BCUT2D eigenvalue weighted by atomic mass is 10.00. The SMILES string of the molecule is C[C@@H]1CCCN(C(=O)C2CC2(F)F)C1.NCc1ccnc(N)c1Nc1ccc(Oc2ccccc2)cc1. The second kappa shape index (κ2) is 11.6. The number of pyridine rings is 1. The Balaban J connectivity index is 0.000000195. The number of aromatic nitrogens is 1. The van der Waals surface area contributed by atoms with Crippen LogP contribution in [-0.4, -0.2) is 34.8 Å². The Morgan fingerprint density at radius 3 is 2.43 bits per heavy atom. The molecule has 0 bridgehead atoms. The summed E-state index contributed by atoms with van der Waals surface area (Å²) in [6.45, 7) is 3.77. The summed E-state index contributed by atoms with van der Waals surface area (Å²) in [6.07, 6.45) is 3.46. The van der Waals surface area contributed by atoms with Crippen LogP contribution in [0.4, 0.5) is 26.0 Å². The largest absolute Gasteiger partial charge is 0.457 e. The summed E-state index contributed by atoms with van der Waals surface area (Å²) < 4.78 is 31.1. The minimum atomic E-state index is -2.71. The van der Waals surface area contributed by atoms with Gasteiger partial charge in [0.1, 0.15) is 23.2 Å². The molecule has 0 radical (unpaired) electrons. The third kappa shape index (κ3) is 6.95. The van der Waals surface area contributed by atoms with E-state index >= 15 is 0 Å². The molecule has 1 saturated carbocycles. The Hall–Kier alpha value is -3.72. The van der Waals surface area contributed by atoms with Crippen LogP contribution in [0, 0.1) is 11.8 Å². The van der Waals surface area contributed by atoms with Crippen LogP contribution in [0.25, 0.3) is 0 Å². The second-order valence-electron chi connectivity index (χ2n) is 9.55. The number of hydrogen-bond acceptors (Lipinski definition) is 6. The molecule has 1 unspecified atom stereocenters. The molecule has 5 rings (SSSR count). The van der Waals surface area contributed by atoms with E-state index in [-0.39, 0.29) is 12.3 Å². The first-order valence-corrected chi connectivity index (χ1v) is 12.5. The van der Waals surface area contributed by atoms with Crippen LogP contribution in [0.1, 0.15) is 31.7 Å². The van der Waals surface area contributed by atoms with Crippen LogP contribution in [0.5, 0.6) is 11.5 Å². The van der Waals surface area contributed by atoms with Crippen LogP contribution in [0.15, 0.2) is 66.9 Å².